The van der Waals surface area contributed by atoms with Crippen LogP contribution in [0.4, 0.5) is 0 Å². The van der Waals surface area contributed by atoms with Gasteiger partial charge in [0, 0.05) is 24.5 Å². The first kappa shape index (κ1) is 26.7. The first-order chi connectivity index (χ1) is 18.9. The van der Waals surface area contributed by atoms with Crippen LogP contribution in [0.15, 0.2) is 103 Å². The van der Waals surface area contributed by atoms with Crippen LogP contribution in [0.2, 0.25) is 5.02 Å². The van der Waals surface area contributed by atoms with Crippen LogP contribution in [0.3, 0.4) is 0 Å². The Morgan fingerprint density at radius 1 is 0.795 bits per heavy atom. The number of aryl methyl sites for hydroxylation is 2. The maximum Gasteiger partial charge on any atom is 0.224 e. The highest BCUT2D eigenvalue weighted by atomic mass is 35.5. The fourth-order valence-electron chi connectivity index (χ4n) is 5.92. The molecule has 0 aromatic heterocycles. The van der Waals surface area contributed by atoms with E-state index in [9.17, 15) is 10.1 Å². The largest absolute Gasteiger partial charge is 0.343 e. The van der Waals surface area contributed by atoms with Crippen LogP contribution >= 0.6 is 11.6 Å². The number of hydrogen-bond acceptors (Lipinski definition) is 2. The van der Waals surface area contributed by atoms with Crippen LogP contribution in [0, 0.1) is 25.2 Å². The van der Waals surface area contributed by atoms with Gasteiger partial charge >= 0.3 is 0 Å². The zero-order chi connectivity index (χ0) is 27.5. The maximum absolute atomic E-state index is 14.2. The van der Waals surface area contributed by atoms with E-state index in [2.05, 4.69) is 80.6 Å². The SMILES string of the molecule is Cc1ccc(C2(C#N)CCN(C(=O)CC(c3ccccc3)(c3ccc(C)cc3)c3ccc(Cl)cc3)CC2)cc1. The number of carbonyl (C=O) groups is 1. The molecule has 4 aromatic rings. The highest BCUT2D eigenvalue weighted by Gasteiger charge is 2.42. The van der Waals surface area contributed by atoms with E-state index in [1.165, 1.54) is 11.1 Å². The molecule has 0 bridgehead atoms. The third kappa shape index (κ3) is 5.22. The summed E-state index contributed by atoms with van der Waals surface area (Å²) in [5.74, 6) is 0.0878. The first-order valence-electron chi connectivity index (χ1n) is 13.5. The number of amides is 1. The van der Waals surface area contributed by atoms with Crippen molar-refractivity contribution in [2.24, 2.45) is 0 Å². The summed E-state index contributed by atoms with van der Waals surface area (Å²) in [6, 6.07) is 37.5. The van der Waals surface area contributed by atoms with E-state index in [1.807, 2.05) is 47.4 Å². The molecule has 1 amide bonds. The molecule has 1 unspecified atom stereocenters. The summed E-state index contributed by atoms with van der Waals surface area (Å²) in [6.45, 7) is 5.24. The van der Waals surface area contributed by atoms with Gasteiger partial charge in [0.2, 0.25) is 5.91 Å². The van der Waals surface area contributed by atoms with Crippen LogP contribution < -0.4 is 0 Å². The average molecular weight is 533 g/mol. The Balaban J connectivity index is 1.51. The van der Waals surface area contributed by atoms with E-state index in [1.54, 1.807) is 0 Å². The molecule has 0 spiro atoms. The number of piperidine rings is 1. The third-order valence-electron chi connectivity index (χ3n) is 8.35. The number of likely N-dealkylation sites (tertiary alicyclic amines) is 1. The summed E-state index contributed by atoms with van der Waals surface area (Å²) in [7, 11) is 0. The van der Waals surface area contributed by atoms with Crippen molar-refractivity contribution >= 4 is 17.5 Å². The lowest BCUT2D eigenvalue weighted by Crippen LogP contribution is -2.47. The van der Waals surface area contributed by atoms with E-state index < -0.39 is 10.8 Å². The number of carbonyl (C=O) groups excluding carboxylic acids is 1. The topological polar surface area (TPSA) is 44.1 Å². The smallest absolute Gasteiger partial charge is 0.224 e. The van der Waals surface area contributed by atoms with Crippen molar-refractivity contribution in [2.45, 2.75) is 43.9 Å². The van der Waals surface area contributed by atoms with Gasteiger partial charge in [0.15, 0.2) is 0 Å². The molecule has 3 nitrogen and oxygen atoms in total. The average Bonchev–Trinajstić information content (AvgIpc) is 2.98. The molecule has 5 rings (SSSR count). The molecule has 1 aliphatic heterocycles. The second-order valence-electron chi connectivity index (χ2n) is 10.8. The first-order valence-corrected chi connectivity index (χ1v) is 13.9. The Morgan fingerprint density at radius 2 is 1.28 bits per heavy atom. The lowest BCUT2D eigenvalue weighted by molar-refractivity contribution is -0.133. The van der Waals surface area contributed by atoms with Crippen molar-refractivity contribution in [3.05, 3.63) is 142 Å². The Morgan fingerprint density at radius 3 is 1.82 bits per heavy atom. The Hall–Kier alpha value is -3.87. The van der Waals surface area contributed by atoms with Crippen LogP contribution in [-0.4, -0.2) is 23.9 Å². The van der Waals surface area contributed by atoms with Crippen molar-refractivity contribution in [1.82, 2.24) is 4.90 Å². The molecular weight excluding hydrogens is 500 g/mol. The number of rotatable bonds is 6. The van der Waals surface area contributed by atoms with Gasteiger partial charge in [0.25, 0.3) is 0 Å². The van der Waals surface area contributed by atoms with Crippen molar-refractivity contribution in [3.8, 4) is 6.07 Å². The lowest BCUT2D eigenvalue weighted by atomic mass is 9.66. The van der Waals surface area contributed by atoms with Gasteiger partial charge in [-0.3, -0.25) is 4.79 Å². The van der Waals surface area contributed by atoms with Gasteiger partial charge in [0.05, 0.1) is 16.9 Å². The number of benzene rings is 4. The van der Waals surface area contributed by atoms with Gasteiger partial charge in [0.1, 0.15) is 0 Å². The predicted octanol–water partition coefficient (Wildman–Crippen LogP) is 7.77. The highest BCUT2D eigenvalue weighted by molar-refractivity contribution is 6.30. The quantitative estimate of drug-likeness (QED) is 0.238. The minimum absolute atomic E-state index is 0.0878. The van der Waals surface area contributed by atoms with Crippen molar-refractivity contribution in [2.75, 3.05) is 13.1 Å². The van der Waals surface area contributed by atoms with Crippen LogP contribution in [0.1, 0.15) is 52.6 Å². The van der Waals surface area contributed by atoms with Crippen LogP contribution in [-0.2, 0) is 15.6 Å². The summed E-state index contributed by atoms with van der Waals surface area (Å²) in [5.41, 5.74) is 5.30. The molecule has 4 aromatic carbocycles. The van der Waals surface area contributed by atoms with Gasteiger partial charge < -0.3 is 4.90 Å². The second-order valence-corrected chi connectivity index (χ2v) is 11.2. The predicted molar refractivity (Wildman–Crippen MR) is 158 cm³/mol. The standard InChI is InChI=1S/C35H33ClN2O/c1-26-8-12-28(13-9-26)34(25-37)20-22-38(23-21-34)33(39)24-35(29-6-4-3-5-7-29,30-14-10-27(2)11-15-30)31-16-18-32(36)19-17-31/h3-19H,20-24H2,1-2H3. The monoisotopic (exact) mass is 532 g/mol. The molecule has 1 fully saturated rings. The third-order valence-corrected chi connectivity index (χ3v) is 8.60. The minimum Gasteiger partial charge on any atom is -0.343 e. The molecule has 0 saturated carbocycles. The van der Waals surface area contributed by atoms with E-state index in [0.717, 1.165) is 22.3 Å². The molecule has 39 heavy (non-hydrogen) atoms. The molecule has 1 aliphatic rings. The molecule has 0 N–H and O–H groups in total. The van der Waals surface area contributed by atoms with Gasteiger partial charge in [-0.15, -0.1) is 0 Å². The summed E-state index contributed by atoms with van der Waals surface area (Å²) >= 11 is 6.30. The molecule has 1 saturated heterocycles. The van der Waals surface area contributed by atoms with Crippen LogP contribution in [0.25, 0.3) is 0 Å². The zero-order valence-electron chi connectivity index (χ0n) is 22.5. The summed E-state index contributed by atoms with van der Waals surface area (Å²) in [4.78, 5) is 16.1. The van der Waals surface area contributed by atoms with Crippen LogP contribution in [0.5, 0.6) is 0 Å². The Labute approximate surface area is 236 Å². The van der Waals surface area contributed by atoms with Gasteiger partial charge in [-0.05, 0) is 61.1 Å². The maximum atomic E-state index is 14.2. The molecule has 0 aliphatic carbocycles. The summed E-state index contributed by atoms with van der Waals surface area (Å²) < 4.78 is 0. The normalized spacial score (nSPS) is 16.2. The Bertz CT molecular complexity index is 1420. The fraction of sp³-hybridized carbons (Fsp3) is 0.257. The van der Waals surface area contributed by atoms with E-state index in [4.69, 9.17) is 11.6 Å². The highest BCUT2D eigenvalue weighted by Crippen LogP contribution is 2.44. The van der Waals surface area contributed by atoms with Gasteiger partial charge in [-0.1, -0.05) is 114 Å². The molecule has 1 heterocycles. The fourth-order valence-corrected chi connectivity index (χ4v) is 6.04. The molecule has 0 radical (unpaired) electrons. The van der Waals surface area contributed by atoms with Crippen molar-refractivity contribution in [3.63, 3.8) is 0 Å². The number of nitriles is 1. The number of nitrogens with zero attached hydrogens (tertiary/aromatic N) is 2. The summed E-state index contributed by atoms with van der Waals surface area (Å²) in [5, 5.41) is 10.9. The number of halogens is 1. The van der Waals surface area contributed by atoms with E-state index in [-0.39, 0.29) is 12.3 Å². The number of hydrogen-bond donors (Lipinski definition) is 0. The molecular formula is C35H33ClN2O. The zero-order valence-corrected chi connectivity index (χ0v) is 23.3. The van der Waals surface area contributed by atoms with Crippen molar-refractivity contribution in [1.29, 1.82) is 5.26 Å². The van der Waals surface area contributed by atoms with Gasteiger partial charge in [-0.25, -0.2) is 0 Å². The minimum atomic E-state index is -0.683. The van der Waals surface area contributed by atoms with E-state index >= 15 is 0 Å². The van der Waals surface area contributed by atoms with Crippen molar-refractivity contribution < 1.29 is 4.79 Å². The molecule has 4 heteroatoms. The summed E-state index contributed by atoms with van der Waals surface area (Å²) in [6.07, 6.45) is 1.54. The Kier molecular flexibility index (Phi) is 7.60. The van der Waals surface area contributed by atoms with E-state index in [0.29, 0.717) is 31.0 Å². The second kappa shape index (κ2) is 11.1. The van der Waals surface area contributed by atoms with Gasteiger partial charge in [-0.2, -0.15) is 5.26 Å². The lowest BCUT2D eigenvalue weighted by Gasteiger charge is -2.41. The molecule has 196 valence electrons. The molecule has 1 atom stereocenters.